The summed E-state index contributed by atoms with van der Waals surface area (Å²) in [4.78, 5) is 24.6. The van der Waals surface area contributed by atoms with Crippen LogP contribution in [0, 0.1) is 20.8 Å². The molecule has 27 heavy (non-hydrogen) atoms. The van der Waals surface area contributed by atoms with Crippen LogP contribution in [0.1, 0.15) is 27.4 Å². The standard InChI is InChI=1S/C18H18BrN5O2S/c1-10-8-15(12(3)23(10)14-6-4-13(19)5-7-14)16(25)9-27-18-22-21-11(2)17(26)24(18)20/h4-8H,9,20H2,1-3H3. The van der Waals surface area contributed by atoms with E-state index in [0.29, 0.717) is 5.56 Å². The Balaban J connectivity index is 1.84. The van der Waals surface area contributed by atoms with Gasteiger partial charge < -0.3 is 10.4 Å². The van der Waals surface area contributed by atoms with Gasteiger partial charge in [0.1, 0.15) is 5.69 Å². The number of aromatic nitrogens is 4. The number of aryl methyl sites for hydroxylation is 2. The van der Waals surface area contributed by atoms with E-state index in [1.165, 1.54) is 6.92 Å². The number of halogens is 1. The molecule has 1 aromatic carbocycles. The molecule has 0 aliphatic carbocycles. The number of hydrogen-bond donors (Lipinski definition) is 1. The van der Waals surface area contributed by atoms with Crippen molar-refractivity contribution in [2.24, 2.45) is 0 Å². The van der Waals surface area contributed by atoms with Gasteiger partial charge in [0.05, 0.1) is 5.75 Å². The molecule has 0 aliphatic heterocycles. The number of nitrogens with two attached hydrogens (primary N) is 1. The monoisotopic (exact) mass is 447 g/mol. The largest absolute Gasteiger partial charge is 0.334 e. The van der Waals surface area contributed by atoms with Crippen LogP contribution in [-0.4, -0.2) is 31.0 Å². The Morgan fingerprint density at radius 1 is 1.19 bits per heavy atom. The first-order chi connectivity index (χ1) is 12.8. The molecule has 7 nitrogen and oxygen atoms in total. The van der Waals surface area contributed by atoms with Gasteiger partial charge in [0.15, 0.2) is 5.78 Å². The van der Waals surface area contributed by atoms with Crippen molar-refractivity contribution in [1.82, 2.24) is 19.4 Å². The SMILES string of the molecule is Cc1nnc(SCC(=O)c2cc(C)n(-c3ccc(Br)cc3)c2C)n(N)c1=O. The fraction of sp³-hybridized carbons (Fsp3) is 0.222. The van der Waals surface area contributed by atoms with E-state index in [2.05, 4.69) is 26.1 Å². The van der Waals surface area contributed by atoms with Crippen molar-refractivity contribution in [1.29, 1.82) is 0 Å². The van der Waals surface area contributed by atoms with E-state index < -0.39 is 5.56 Å². The first kappa shape index (κ1) is 19.4. The molecule has 0 aliphatic rings. The highest BCUT2D eigenvalue weighted by atomic mass is 79.9. The summed E-state index contributed by atoms with van der Waals surface area (Å²) in [6.45, 7) is 5.41. The zero-order valence-corrected chi connectivity index (χ0v) is 17.5. The zero-order valence-electron chi connectivity index (χ0n) is 15.1. The number of thioether (sulfide) groups is 1. The Bertz CT molecular complexity index is 1070. The maximum absolute atomic E-state index is 12.7. The molecule has 140 valence electrons. The fourth-order valence-corrected chi connectivity index (χ4v) is 3.81. The second-order valence-corrected chi connectivity index (χ2v) is 7.91. The highest BCUT2D eigenvalue weighted by Crippen LogP contribution is 2.24. The molecule has 0 bridgehead atoms. The second-order valence-electron chi connectivity index (χ2n) is 6.05. The number of Topliss-reactive ketones (excluding diaryl/α,β-unsaturated/α-hetero) is 1. The molecule has 0 unspecified atom stereocenters. The van der Waals surface area contributed by atoms with Crippen LogP contribution >= 0.6 is 27.7 Å². The van der Waals surface area contributed by atoms with Crippen LogP contribution in [0.2, 0.25) is 0 Å². The van der Waals surface area contributed by atoms with E-state index in [1.54, 1.807) is 0 Å². The summed E-state index contributed by atoms with van der Waals surface area (Å²) in [5, 5.41) is 7.87. The maximum atomic E-state index is 12.7. The van der Waals surface area contributed by atoms with Gasteiger partial charge in [0, 0.05) is 27.1 Å². The molecule has 0 saturated heterocycles. The zero-order chi connectivity index (χ0) is 19.7. The lowest BCUT2D eigenvalue weighted by Crippen LogP contribution is -2.32. The smallest absolute Gasteiger partial charge is 0.294 e. The van der Waals surface area contributed by atoms with E-state index in [4.69, 9.17) is 5.84 Å². The summed E-state index contributed by atoms with van der Waals surface area (Å²) in [5.74, 6) is 5.76. The van der Waals surface area contributed by atoms with Crippen molar-refractivity contribution in [3.63, 3.8) is 0 Å². The van der Waals surface area contributed by atoms with E-state index >= 15 is 0 Å². The number of nitrogen functional groups attached to an aromatic ring is 1. The van der Waals surface area contributed by atoms with Gasteiger partial charge >= 0.3 is 0 Å². The lowest BCUT2D eigenvalue weighted by Gasteiger charge is -2.10. The number of rotatable bonds is 5. The number of nitrogens with zero attached hydrogens (tertiary/aromatic N) is 4. The highest BCUT2D eigenvalue weighted by Gasteiger charge is 2.18. The van der Waals surface area contributed by atoms with Crippen LogP contribution in [0.4, 0.5) is 0 Å². The normalized spacial score (nSPS) is 11.0. The first-order valence-electron chi connectivity index (χ1n) is 8.12. The number of ketones is 1. The van der Waals surface area contributed by atoms with Gasteiger partial charge in [-0.2, -0.15) is 4.68 Å². The van der Waals surface area contributed by atoms with Crippen molar-refractivity contribution in [2.75, 3.05) is 11.6 Å². The quantitative estimate of drug-likeness (QED) is 0.367. The lowest BCUT2D eigenvalue weighted by molar-refractivity contribution is 0.102. The summed E-state index contributed by atoms with van der Waals surface area (Å²) < 4.78 is 3.95. The maximum Gasteiger partial charge on any atom is 0.294 e. The Kier molecular flexibility index (Phi) is 5.52. The number of benzene rings is 1. The van der Waals surface area contributed by atoms with Gasteiger partial charge in [0.25, 0.3) is 5.56 Å². The van der Waals surface area contributed by atoms with Crippen molar-refractivity contribution in [3.8, 4) is 5.69 Å². The Hall–Kier alpha value is -2.39. The minimum Gasteiger partial charge on any atom is -0.334 e. The van der Waals surface area contributed by atoms with Gasteiger partial charge in [-0.15, -0.1) is 10.2 Å². The molecule has 2 aromatic heterocycles. The van der Waals surface area contributed by atoms with E-state index in [0.717, 1.165) is 38.0 Å². The molecular weight excluding hydrogens is 430 g/mol. The third kappa shape index (κ3) is 3.84. The van der Waals surface area contributed by atoms with Crippen molar-refractivity contribution < 1.29 is 4.79 Å². The molecule has 3 aromatic rings. The van der Waals surface area contributed by atoms with Gasteiger partial charge in [-0.1, -0.05) is 27.7 Å². The van der Waals surface area contributed by atoms with Gasteiger partial charge in [-0.3, -0.25) is 9.59 Å². The molecule has 0 amide bonds. The predicted octanol–water partition coefficient (Wildman–Crippen LogP) is 2.81. The van der Waals surface area contributed by atoms with Crippen molar-refractivity contribution in [3.05, 3.63) is 67.8 Å². The lowest BCUT2D eigenvalue weighted by atomic mass is 10.2. The minimum absolute atomic E-state index is 0.0636. The number of hydrogen-bond acceptors (Lipinski definition) is 6. The molecule has 2 heterocycles. The fourth-order valence-electron chi connectivity index (χ4n) is 2.81. The molecule has 9 heteroatoms. The van der Waals surface area contributed by atoms with Crippen LogP contribution in [0.5, 0.6) is 0 Å². The van der Waals surface area contributed by atoms with E-state index in [1.807, 2.05) is 48.7 Å². The van der Waals surface area contributed by atoms with Crippen LogP contribution in [0.15, 0.2) is 44.8 Å². The minimum atomic E-state index is -0.423. The summed E-state index contributed by atoms with van der Waals surface area (Å²) in [7, 11) is 0. The predicted molar refractivity (Wildman–Crippen MR) is 109 cm³/mol. The summed E-state index contributed by atoms with van der Waals surface area (Å²) in [6, 6.07) is 9.77. The molecule has 0 radical (unpaired) electrons. The average molecular weight is 448 g/mol. The molecule has 0 spiro atoms. The summed E-state index contributed by atoms with van der Waals surface area (Å²) in [5.41, 5.74) is 3.24. The third-order valence-electron chi connectivity index (χ3n) is 4.17. The van der Waals surface area contributed by atoms with Crippen molar-refractivity contribution >= 4 is 33.5 Å². The number of carbonyl (C=O) groups excluding carboxylic acids is 1. The van der Waals surface area contributed by atoms with Gasteiger partial charge in [-0.05, 0) is 51.1 Å². The second kappa shape index (κ2) is 7.69. The van der Waals surface area contributed by atoms with E-state index in [-0.39, 0.29) is 22.4 Å². The van der Waals surface area contributed by atoms with Gasteiger partial charge in [0.2, 0.25) is 5.16 Å². The van der Waals surface area contributed by atoms with E-state index in [9.17, 15) is 9.59 Å². The summed E-state index contributed by atoms with van der Waals surface area (Å²) >= 11 is 4.52. The molecule has 0 fully saturated rings. The first-order valence-corrected chi connectivity index (χ1v) is 9.89. The molecule has 2 N–H and O–H groups in total. The Morgan fingerprint density at radius 3 is 2.52 bits per heavy atom. The Morgan fingerprint density at radius 2 is 1.85 bits per heavy atom. The molecule has 3 rings (SSSR count). The highest BCUT2D eigenvalue weighted by molar-refractivity contribution is 9.10. The Labute approximate surface area is 168 Å². The van der Waals surface area contributed by atoms with Crippen LogP contribution in [0.25, 0.3) is 5.69 Å². The molecule has 0 atom stereocenters. The van der Waals surface area contributed by atoms with Crippen LogP contribution in [0.3, 0.4) is 0 Å². The topological polar surface area (TPSA) is 95.8 Å². The molecular formula is C18H18BrN5O2S. The average Bonchev–Trinajstić information content (AvgIpc) is 2.94. The summed E-state index contributed by atoms with van der Waals surface area (Å²) in [6.07, 6.45) is 0. The van der Waals surface area contributed by atoms with Crippen molar-refractivity contribution in [2.45, 2.75) is 25.9 Å². The van der Waals surface area contributed by atoms with Gasteiger partial charge in [-0.25, -0.2) is 0 Å². The third-order valence-corrected chi connectivity index (χ3v) is 5.64. The number of carbonyl (C=O) groups is 1. The van der Waals surface area contributed by atoms with Crippen LogP contribution < -0.4 is 11.4 Å². The molecule has 0 saturated carbocycles. The van der Waals surface area contributed by atoms with Crippen LogP contribution in [-0.2, 0) is 0 Å².